The van der Waals surface area contributed by atoms with Crippen LogP contribution in [0.2, 0.25) is 5.02 Å². The Kier molecular flexibility index (Phi) is 4.42. The molecule has 0 aliphatic carbocycles. The van der Waals surface area contributed by atoms with Gasteiger partial charge < -0.3 is 9.47 Å². The van der Waals surface area contributed by atoms with Crippen LogP contribution in [0.5, 0.6) is 5.75 Å². The van der Waals surface area contributed by atoms with E-state index in [-0.39, 0.29) is 11.6 Å². The fourth-order valence-corrected chi connectivity index (χ4v) is 3.18. The molecule has 4 nitrogen and oxygen atoms in total. The Bertz CT molecular complexity index is 1130. The van der Waals surface area contributed by atoms with Crippen LogP contribution < -0.4 is 4.74 Å². The second kappa shape index (κ2) is 6.89. The van der Waals surface area contributed by atoms with Crippen LogP contribution in [0, 0.1) is 6.92 Å². The van der Waals surface area contributed by atoms with E-state index in [2.05, 4.69) is 4.99 Å². The number of carbonyl (C=O) groups is 1. The quantitative estimate of drug-likeness (QED) is 0.468. The van der Waals surface area contributed by atoms with Crippen LogP contribution in [-0.2, 0) is 9.53 Å². The molecule has 0 spiro atoms. The average molecular weight is 378 g/mol. The van der Waals surface area contributed by atoms with E-state index in [1.54, 1.807) is 19.3 Å². The zero-order chi connectivity index (χ0) is 19.0. The topological polar surface area (TPSA) is 47.9 Å². The van der Waals surface area contributed by atoms with Crippen molar-refractivity contribution < 1.29 is 14.3 Å². The monoisotopic (exact) mass is 377 g/mol. The number of benzene rings is 3. The van der Waals surface area contributed by atoms with Gasteiger partial charge in [-0.2, -0.15) is 0 Å². The van der Waals surface area contributed by atoms with Crippen molar-refractivity contribution in [2.75, 3.05) is 7.11 Å². The minimum Gasteiger partial charge on any atom is -0.496 e. The van der Waals surface area contributed by atoms with Crippen LogP contribution in [0.25, 0.3) is 16.8 Å². The number of aliphatic imine (C=N–C) groups is 1. The Hall–Kier alpha value is -3.11. The molecule has 0 saturated carbocycles. The zero-order valence-electron chi connectivity index (χ0n) is 14.8. The molecule has 27 heavy (non-hydrogen) atoms. The second-order valence-electron chi connectivity index (χ2n) is 6.20. The van der Waals surface area contributed by atoms with Crippen molar-refractivity contribution in [3.8, 4) is 5.75 Å². The molecular formula is C22H16ClNO3. The second-order valence-corrected chi connectivity index (χ2v) is 6.61. The smallest absolute Gasteiger partial charge is 0.363 e. The third kappa shape index (κ3) is 3.20. The SMILES string of the molecule is COc1ccc2ccccc2c1/C=C1/N=C(c2ccc(C)c(Cl)c2)OC1=O. The third-order valence-electron chi connectivity index (χ3n) is 4.47. The van der Waals surface area contributed by atoms with Crippen molar-refractivity contribution >= 4 is 40.3 Å². The Balaban J connectivity index is 1.82. The van der Waals surface area contributed by atoms with Gasteiger partial charge in [-0.05, 0) is 47.5 Å². The van der Waals surface area contributed by atoms with E-state index in [9.17, 15) is 4.79 Å². The van der Waals surface area contributed by atoms with E-state index >= 15 is 0 Å². The number of carbonyl (C=O) groups excluding carboxylic acids is 1. The molecule has 0 fully saturated rings. The number of fused-ring (bicyclic) bond motifs is 1. The molecule has 0 radical (unpaired) electrons. The molecule has 134 valence electrons. The number of halogens is 1. The lowest BCUT2D eigenvalue weighted by Gasteiger charge is -2.08. The number of cyclic esters (lactones) is 1. The van der Waals surface area contributed by atoms with Gasteiger partial charge in [-0.25, -0.2) is 9.79 Å². The maximum absolute atomic E-state index is 12.4. The van der Waals surface area contributed by atoms with Gasteiger partial charge in [0.25, 0.3) is 0 Å². The normalized spacial score (nSPS) is 15.1. The maximum Gasteiger partial charge on any atom is 0.363 e. The van der Waals surface area contributed by atoms with Crippen molar-refractivity contribution in [1.29, 1.82) is 0 Å². The number of aryl methyl sites for hydroxylation is 1. The summed E-state index contributed by atoms with van der Waals surface area (Å²) in [5.41, 5.74) is 2.61. The summed E-state index contributed by atoms with van der Waals surface area (Å²) in [6.45, 7) is 1.91. The summed E-state index contributed by atoms with van der Waals surface area (Å²) in [4.78, 5) is 16.8. The Morgan fingerprint density at radius 2 is 1.93 bits per heavy atom. The van der Waals surface area contributed by atoms with E-state index in [4.69, 9.17) is 21.1 Å². The largest absolute Gasteiger partial charge is 0.496 e. The summed E-state index contributed by atoms with van der Waals surface area (Å²) in [5, 5.41) is 2.62. The number of nitrogens with zero attached hydrogens (tertiary/aromatic N) is 1. The Morgan fingerprint density at radius 3 is 2.70 bits per heavy atom. The fourth-order valence-electron chi connectivity index (χ4n) is 3.00. The van der Waals surface area contributed by atoms with Crippen LogP contribution in [0.4, 0.5) is 0 Å². The molecule has 0 bridgehead atoms. The van der Waals surface area contributed by atoms with Gasteiger partial charge in [-0.3, -0.25) is 0 Å². The van der Waals surface area contributed by atoms with Crippen LogP contribution in [0.15, 0.2) is 65.3 Å². The predicted octanol–water partition coefficient (Wildman–Crippen LogP) is 5.15. The van der Waals surface area contributed by atoms with Gasteiger partial charge in [0.1, 0.15) is 5.75 Å². The zero-order valence-corrected chi connectivity index (χ0v) is 15.6. The molecule has 3 aromatic rings. The first-order chi connectivity index (χ1) is 13.1. The summed E-state index contributed by atoms with van der Waals surface area (Å²) in [5.74, 6) is 0.403. The predicted molar refractivity (Wildman–Crippen MR) is 107 cm³/mol. The molecule has 0 N–H and O–H groups in total. The average Bonchev–Trinajstić information content (AvgIpc) is 3.05. The van der Waals surface area contributed by atoms with Gasteiger partial charge in [0.2, 0.25) is 5.90 Å². The van der Waals surface area contributed by atoms with Gasteiger partial charge in [0.05, 0.1) is 7.11 Å². The van der Waals surface area contributed by atoms with Crippen molar-refractivity contribution in [2.45, 2.75) is 6.92 Å². The van der Waals surface area contributed by atoms with Crippen molar-refractivity contribution in [3.63, 3.8) is 0 Å². The van der Waals surface area contributed by atoms with E-state index in [0.29, 0.717) is 16.3 Å². The van der Waals surface area contributed by atoms with E-state index in [1.807, 2.05) is 55.5 Å². The Morgan fingerprint density at radius 1 is 1.11 bits per heavy atom. The Labute approximate surface area is 161 Å². The molecule has 1 aliphatic rings. The molecule has 0 saturated heterocycles. The lowest BCUT2D eigenvalue weighted by atomic mass is 10.0. The molecular weight excluding hydrogens is 362 g/mol. The van der Waals surface area contributed by atoms with Crippen molar-refractivity contribution in [1.82, 2.24) is 0 Å². The summed E-state index contributed by atoms with van der Waals surface area (Å²) < 4.78 is 10.8. The number of methoxy groups -OCH3 is 1. The number of rotatable bonds is 3. The molecule has 4 rings (SSSR count). The summed E-state index contributed by atoms with van der Waals surface area (Å²) >= 11 is 6.17. The lowest BCUT2D eigenvalue weighted by molar-refractivity contribution is -0.129. The lowest BCUT2D eigenvalue weighted by Crippen LogP contribution is -2.05. The van der Waals surface area contributed by atoms with Crippen LogP contribution >= 0.6 is 11.6 Å². The van der Waals surface area contributed by atoms with Crippen molar-refractivity contribution in [2.24, 2.45) is 4.99 Å². The maximum atomic E-state index is 12.4. The molecule has 0 amide bonds. The molecule has 0 unspecified atom stereocenters. The number of hydrogen-bond donors (Lipinski definition) is 0. The van der Waals surface area contributed by atoms with Gasteiger partial charge in [-0.15, -0.1) is 0 Å². The number of ether oxygens (including phenoxy) is 2. The highest BCUT2D eigenvalue weighted by molar-refractivity contribution is 6.31. The third-order valence-corrected chi connectivity index (χ3v) is 4.88. The van der Waals surface area contributed by atoms with Gasteiger partial charge in [0, 0.05) is 16.1 Å². The summed E-state index contributed by atoms with van der Waals surface area (Å²) in [6, 6.07) is 17.2. The highest BCUT2D eigenvalue weighted by Gasteiger charge is 2.25. The summed E-state index contributed by atoms with van der Waals surface area (Å²) in [6.07, 6.45) is 1.70. The van der Waals surface area contributed by atoms with Crippen LogP contribution in [0.3, 0.4) is 0 Å². The van der Waals surface area contributed by atoms with E-state index < -0.39 is 5.97 Å². The molecule has 0 atom stereocenters. The fraction of sp³-hybridized carbons (Fsp3) is 0.0909. The minimum absolute atomic E-state index is 0.219. The molecule has 5 heteroatoms. The first kappa shape index (κ1) is 17.3. The van der Waals surface area contributed by atoms with Crippen LogP contribution in [0.1, 0.15) is 16.7 Å². The van der Waals surface area contributed by atoms with Crippen molar-refractivity contribution in [3.05, 3.63) is 82.0 Å². The first-order valence-electron chi connectivity index (χ1n) is 8.41. The number of esters is 1. The molecule has 0 aromatic heterocycles. The minimum atomic E-state index is -0.503. The van der Waals surface area contributed by atoms with Crippen LogP contribution in [-0.4, -0.2) is 19.0 Å². The highest BCUT2D eigenvalue weighted by Crippen LogP contribution is 2.31. The first-order valence-corrected chi connectivity index (χ1v) is 8.79. The number of hydrogen-bond acceptors (Lipinski definition) is 4. The van der Waals surface area contributed by atoms with E-state index in [0.717, 1.165) is 21.9 Å². The molecule has 1 heterocycles. The highest BCUT2D eigenvalue weighted by atomic mass is 35.5. The van der Waals surface area contributed by atoms with E-state index in [1.165, 1.54) is 0 Å². The molecule has 3 aromatic carbocycles. The van der Waals surface area contributed by atoms with Gasteiger partial charge in [0.15, 0.2) is 5.70 Å². The molecule has 1 aliphatic heterocycles. The summed E-state index contributed by atoms with van der Waals surface area (Å²) in [7, 11) is 1.60. The van der Waals surface area contributed by atoms with Gasteiger partial charge in [-0.1, -0.05) is 48.0 Å². The van der Waals surface area contributed by atoms with Gasteiger partial charge >= 0.3 is 5.97 Å². The standard InChI is InChI=1S/C22H16ClNO3/c1-13-7-8-15(11-18(13)23)21-24-19(22(25)27-21)12-17-16-6-4-3-5-14(16)9-10-20(17)26-2/h3-12H,1-2H3/b19-12+.